The number of hydrogen-bond donors (Lipinski definition) is 1. The van der Waals surface area contributed by atoms with Crippen LogP contribution in [0.1, 0.15) is 43.6 Å². The van der Waals surface area contributed by atoms with Crippen molar-refractivity contribution in [1.29, 1.82) is 0 Å². The van der Waals surface area contributed by atoms with E-state index < -0.39 is 12.1 Å². The molecule has 2 unspecified atom stereocenters. The van der Waals surface area contributed by atoms with E-state index in [9.17, 15) is 14.4 Å². The highest BCUT2D eigenvalue weighted by molar-refractivity contribution is 9.09. The van der Waals surface area contributed by atoms with Crippen molar-refractivity contribution in [2.45, 2.75) is 58.2 Å². The lowest BCUT2D eigenvalue weighted by molar-refractivity contribution is -0.140. The Balaban J connectivity index is 2.31. The van der Waals surface area contributed by atoms with Crippen LogP contribution in [0.3, 0.4) is 0 Å². The van der Waals surface area contributed by atoms with E-state index in [-0.39, 0.29) is 22.9 Å². The summed E-state index contributed by atoms with van der Waals surface area (Å²) in [6.07, 6.45) is 2.79. The zero-order chi connectivity index (χ0) is 21.9. The number of amides is 2. The molecule has 0 saturated carbocycles. The maximum atomic E-state index is 13.3. The van der Waals surface area contributed by atoms with Crippen LogP contribution in [0.2, 0.25) is 0 Å². The molecule has 0 aliphatic rings. The van der Waals surface area contributed by atoms with E-state index in [2.05, 4.69) is 28.2 Å². The van der Waals surface area contributed by atoms with E-state index in [0.29, 0.717) is 19.4 Å². The van der Waals surface area contributed by atoms with Gasteiger partial charge in [0.25, 0.3) is 0 Å². The molecule has 7 heteroatoms. The molecule has 0 bridgehead atoms. The van der Waals surface area contributed by atoms with Gasteiger partial charge in [0.2, 0.25) is 11.8 Å². The maximum absolute atomic E-state index is 13.3. The van der Waals surface area contributed by atoms with Crippen molar-refractivity contribution in [3.05, 3.63) is 58.3 Å². The molecule has 0 fully saturated rings. The molecule has 1 aromatic carbocycles. The van der Waals surface area contributed by atoms with Crippen LogP contribution < -0.4 is 5.32 Å². The van der Waals surface area contributed by atoms with Crippen LogP contribution in [0, 0.1) is 0 Å². The number of unbranched alkanes of at least 4 members (excludes halogenated alkanes) is 1. The van der Waals surface area contributed by atoms with Gasteiger partial charge in [0.05, 0.1) is 17.9 Å². The van der Waals surface area contributed by atoms with Crippen LogP contribution in [0.5, 0.6) is 0 Å². The smallest absolute Gasteiger partial charge is 0.243 e. The minimum Gasteiger partial charge on any atom is -0.345 e. The molecule has 162 valence electrons. The molecule has 0 aliphatic heterocycles. The lowest BCUT2D eigenvalue weighted by Gasteiger charge is -2.31. The van der Waals surface area contributed by atoms with Crippen LogP contribution in [0.4, 0.5) is 0 Å². The Morgan fingerprint density at radius 3 is 2.43 bits per heavy atom. The predicted molar refractivity (Wildman–Crippen MR) is 125 cm³/mol. The summed E-state index contributed by atoms with van der Waals surface area (Å²) in [5.74, 6) is -0.514. The molecule has 1 aromatic heterocycles. The van der Waals surface area contributed by atoms with Crippen LogP contribution in [-0.4, -0.2) is 39.9 Å². The summed E-state index contributed by atoms with van der Waals surface area (Å²) < 4.78 is 0. The summed E-state index contributed by atoms with van der Waals surface area (Å²) in [4.78, 5) is 40.8. The second-order valence-corrected chi connectivity index (χ2v) is 8.85. The van der Waals surface area contributed by atoms with Crippen molar-refractivity contribution in [2.75, 3.05) is 5.33 Å². The first-order valence-corrected chi connectivity index (χ1v) is 12.2. The Hall–Kier alpha value is -1.99. The van der Waals surface area contributed by atoms with E-state index in [1.165, 1.54) is 6.92 Å². The molecule has 1 N–H and O–H groups in total. The number of hydrogen-bond acceptors (Lipinski definition) is 4. The molecule has 2 amide bonds. The molecule has 0 saturated heterocycles. The Bertz CT molecular complexity index is 811. The van der Waals surface area contributed by atoms with Gasteiger partial charge in [-0.05, 0) is 30.4 Å². The summed E-state index contributed by atoms with van der Waals surface area (Å²) in [6.45, 7) is 3.90. The number of carbonyl (C=O) groups excluding carboxylic acids is 3. The fourth-order valence-corrected chi connectivity index (χ4v) is 4.28. The van der Waals surface area contributed by atoms with Crippen molar-refractivity contribution in [2.24, 2.45) is 0 Å². The minimum absolute atomic E-state index is 0.0631. The number of carbonyl (C=O) groups is 3. The van der Waals surface area contributed by atoms with Gasteiger partial charge < -0.3 is 10.2 Å². The van der Waals surface area contributed by atoms with Gasteiger partial charge in [-0.2, -0.15) is 0 Å². The van der Waals surface area contributed by atoms with Crippen molar-refractivity contribution in [3.63, 3.8) is 0 Å². The normalized spacial score (nSPS) is 12.8. The molecule has 0 radical (unpaired) electrons. The highest BCUT2D eigenvalue weighted by atomic mass is 79.9. The summed E-state index contributed by atoms with van der Waals surface area (Å²) >= 11 is 4.81. The number of rotatable bonds is 12. The first-order chi connectivity index (χ1) is 14.5. The van der Waals surface area contributed by atoms with E-state index >= 15 is 0 Å². The first kappa shape index (κ1) is 24.3. The molecular formula is C23H29BrN2O3S. The number of Topliss-reactive ketones (excluding diaryl/α,β-unsaturated/α-hetero) is 1. The Kier molecular flexibility index (Phi) is 10.2. The topological polar surface area (TPSA) is 66.5 Å². The highest BCUT2D eigenvalue weighted by Crippen LogP contribution is 2.18. The molecule has 1 heterocycles. The standard InChI is InChI=1S/C23H29BrN2O3S/c1-3-4-12-20(17(2)27)25-23(29)21(14-18-9-6-5-7-10-18)26(22(28)15-24)16-19-11-8-13-30-19/h5-11,13,20-21H,3-4,12,14-16H2,1-2H3,(H,25,29). The van der Waals surface area contributed by atoms with Crippen LogP contribution in [0.15, 0.2) is 47.8 Å². The lowest BCUT2D eigenvalue weighted by Crippen LogP contribution is -2.54. The largest absolute Gasteiger partial charge is 0.345 e. The molecule has 30 heavy (non-hydrogen) atoms. The minimum atomic E-state index is -0.706. The average molecular weight is 493 g/mol. The molecule has 0 spiro atoms. The van der Waals surface area contributed by atoms with Gasteiger partial charge in [-0.3, -0.25) is 14.4 Å². The van der Waals surface area contributed by atoms with Crippen molar-refractivity contribution in [3.8, 4) is 0 Å². The van der Waals surface area contributed by atoms with Crippen molar-refractivity contribution >= 4 is 44.9 Å². The van der Waals surface area contributed by atoms with E-state index in [0.717, 1.165) is 23.3 Å². The van der Waals surface area contributed by atoms with Gasteiger partial charge in [-0.1, -0.05) is 72.1 Å². The van der Waals surface area contributed by atoms with Gasteiger partial charge in [-0.15, -0.1) is 11.3 Å². The summed E-state index contributed by atoms with van der Waals surface area (Å²) in [6, 6.07) is 12.3. The number of ketones is 1. The second kappa shape index (κ2) is 12.6. The van der Waals surface area contributed by atoms with Crippen LogP contribution in [0.25, 0.3) is 0 Å². The van der Waals surface area contributed by atoms with Gasteiger partial charge in [0.15, 0.2) is 5.78 Å². The third-order valence-electron chi connectivity index (χ3n) is 4.95. The third kappa shape index (κ3) is 7.36. The zero-order valence-corrected chi connectivity index (χ0v) is 19.9. The third-order valence-corrected chi connectivity index (χ3v) is 6.29. The van der Waals surface area contributed by atoms with E-state index in [4.69, 9.17) is 0 Å². The molecule has 2 rings (SSSR count). The Morgan fingerprint density at radius 2 is 1.87 bits per heavy atom. The number of nitrogens with one attached hydrogen (secondary N) is 1. The number of halogens is 1. The molecule has 5 nitrogen and oxygen atoms in total. The lowest BCUT2D eigenvalue weighted by atomic mass is 10.0. The zero-order valence-electron chi connectivity index (χ0n) is 17.5. The molecular weight excluding hydrogens is 464 g/mol. The van der Waals surface area contributed by atoms with Gasteiger partial charge in [-0.25, -0.2) is 0 Å². The average Bonchev–Trinajstić information content (AvgIpc) is 3.26. The summed E-state index contributed by atoms with van der Waals surface area (Å²) in [5, 5.41) is 5.00. The fraction of sp³-hybridized carbons (Fsp3) is 0.435. The number of alkyl halides is 1. The quantitative estimate of drug-likeness (QED) is 0.448. The predicted octanol–water partition coefficient (Wildman–Crippen LogP) is 4.35. The molecule has 0 aliphatic carbocycles. The maximum Gasteiger partial charge on any atom is 0.243 e. The monoisotopic (exact) mass is 492 g/mol. The van der Waals surface area contributed by atoms with Gasteiger partial charge in [0, 0.05) is 11.3 Å². The van der Waals surface area contributed by atoms with Crippen LogP contribution >= 0.6 is 27.3 Å². The number of nitrogens with zero attached hydrogens (tertiary/aromatic N) is 1. The fourth-order valence-electron chi connectivity index (χ4n) is 3.25. The SMILES string of the molecule is CCCCC(NC(=O)C(Cc1ccccc1)N(Cc1cccs1)C(=O)CBr)C(C)=O. The van der Waals surface area contributed by atoms with Crippen LogP contribution in [-0.2, 0) is 27.3 Å². The van der Waals surface area contributed by atoms with E-state index in [1.807, 2.05) is 47.8 Å². The molecule has 2 atom stereocenters. The Morgan fingerprint density at radius 1 is 1.13 bits per heavy atom. The van der Waals surface area contributed by atoms with Crippen molar-refractivity contribution < 1.29 is 14.4 Å². The number of thiophene rings is 1. The van der Waals surface area contributed by atoms with E-state index in [1.54, 1.807) is 16.2 Å². The summed E-state index contributed by atoms with van der Waals surface area (Å²) in [7, 11) is 0. The molecule has 2 aromatic rings. The number of benzene rings is 1. The summed E-state index contributed by atoms with van der Waals surface area (Å²) in [5.41, 5.74) is 0.962. The Labute approximate surface area is 191 Å². The van der Waals surface area contributed by atoms with Gasteiger partial charge in [0.1, 0.15) is 6.04 Å². The first-order valence-electron chi connectivity index (χ1n) is 10.2. The highest BCUT2D eigenvalue weighted by Gasteiger charge is 2.31. The van der Waals surface area contributed by atoms with Crippen molar-refractivity contribution in [1.82, 2.24) is 10.2 Å². The second-order valence-electron chi connectivity index (χ2n) is 7.25. The van der Waals surface area contributed by atoms with Gasteiger partial charge >= 0.3 is 0 Å².